The molecule has 0 unspecified atom stereocenters. The Balaban J connectivity index is 1.96. The molecule has 120 valence electrons. The third-order valence-corrected chi connectivity index (χ3v) is 3.75. The molecule has 4 aromatic rings. The minimum atomic E-state index is 0.133. The summed E-state index contributed by atoms with van der Waals surface area (Å²) in [6.45, 7) is 2.56. The predicted octanol–water partition coefficient (Wildman–Crippen LogP) is 2.38. The summed E-state index contributed by atoms with van der Waals surface area (Å²) in [5.41, 5.74) is 15.2. The summed E-state index contributed by atoms with van der Waals surface area (Å²) in [6, 6.07) is 5.70. The molecule has 0 aliphatic heterocycles. The van der Waals surface area contributed by atoms with Gasteiger partial charge in [-0.05, 0) is 25.1 Å². The number of allylic oxidation sites excluding steroid dienone is 2. The zero-order valence-corrected chi connectivity index (χ0v) is 13.0. The highest BCUT2D eigenvalue weighted by Crippen LogP contribution is 2.32. The van der Waals surface area contributed by atoms with E-state index < -0.39 is 0 Å². The van der Waals surface area contributed by atoms with Crippen LogP contribution in [0.2, 0.25) is 0 Å². The number of nitrogens with zero attached hydrogens (tertiary/aromatic N) is 5. The van der Waals surface area contributed by atoms with Gasteiger partial charge >= 0.3 is 0 Å². The highest BCUT2D eigenvalue weighted by Gasteiger charge is 2.17. The summed E-state index contributed by atoms with van der Waals surface area (Å²) in [5, 5.41) is 5.39. The summed E-state index contributed by atoms with van der Waals surface area (Å²) < 4.78 is 7.11. The van der Waals surface area contributed by atoms with Crippen LogP contribution in [0.15, 0.2) is 41.1 Å². The smallest absolute Gasteiger partial charge is 0.292 e. The van der Waals surface area contributed by atoms with Crippen molar-refractivity contribution in [1.82, 2.24) is 24.7 Å². The lowest BCUT2D eigenvalue weighted by atomic mass is 10.1. The highest BCUT2D eigenvalue weighted by molar-refractivity contribution is 5.99. The van der Waals surface area contributed by atoms with Crippen molar-refractivity contribution in [3.05, 3.63) is 36.7 Å². The van der Waals surface area contributed by atoms with Crippen LogP contribution in [0.4, 0.5) is 11.8 Å². The molecule has 0 bridgehead atoms. The van der Waals surface area contributed by atoms with Crippen molar-refractivity contribution in [1.29, 1.82) is 0 Å². The molecule has 0 aliphatic carbocycles. The van der Waals surface area contributed by atoms with E-state index in [0.717, 1.165) is 10.9 Å². The topological polar surface area (TPSA) is 122 Å². The van der Waals surface area contributed by atoms with Gasteiger partial charge in [0.1, 0.15) is 23.4 Å². The first kappa shape index (κ1) is 14.2. The van der Waals surface area contributed by atoms with Gasteiger partial charge in [0.05, 0.1) is 11.9 Å². The molecule has 24 heavy (non-hydrogen) atoms. The molecule has 0 spiro atoms. The number of hydrogen-bond acceptors (Lipinski definition) is 7. The van der Waals surface area contributed by atoms with Crippen LogP contribution in [-0.2, 0) is 6.54 Å². The van der Waals surface area contributed by atoms with Gasteiger partial charge < -0.3 is 15.9 Å². The minimum absolute atomic E-state index is 0.133. The van der Waals surface area contributed by atoms with Crippen molar-refractivity contribution in [3.63, 3.8) is 0 Å². The quantitative estimate of drug-likeness (QED) is 0.555. The Labute approximate surface area is 136 Å². The van der Waals surface area contributed by atoms with Crippen LogP contribution in [0.1, 0.15) is 6.92 Å². The van der Waals surface area contributed by atoms with Crippen molar-refractivity contribution in [3.8, 4) is 11.3 Å². The number of fused-ring (bicyclic) bond motifs is 2. The summed E-state index contributed by atoms with van der Waals surface area (Å²) in [4.78, 5) is 12.6. The molecule has 3 heterocycles. The minimum Gasteiger partial charge on any atom is -0.424 e. The molecule has 0 saturated heterocycles. The van der Waals surface area contributed by atoms with Gasteiger partial charge in [-0.1, -0.05) is 12.2 Å². The molecule has 0 radical (unpaired) electrons. The van der Waals surface area contributed by atoms with Gasteiger partial charge in [0.25, 0.3) is 6.01 Å². The molecule has 0 saturated carbocycles. The fourth-order valence-corrected chi connectivity index (χ4v) is 2.66. The molecule has 0 atom stereocenters. The van der Waals surface area contributed by atoms with Crippen LogP contribution >= 0.6 is 0 Å². The zero-order valence-electron chi connectivity index (χ0n) is 13.0. The average molecular weight is 321 g/mol. The Hall–Kier alpha value is -3.42. The van der Waals surface area contributed by atoms with Crippen molar-refractivity contribution < 1.29 is 4.42 Å². The molecule has 4 rings (SSSR count). The summed E-state index contributed by atoms with van der Waals surface area (Å²) in [5.74, 6) is 0.390. The van der Waals surface area contributed by atoms with Gasteiger partial charge in [0.15, 0.2) is 11.2 Å². The van der Waals surface area contributed by atoms with Crippen LogP contribution in [0, 0.1) is 0 Å². The third kappa shape index (κ3) is 2.16. The van der Waals surface area contributed by atoms with Crippen molar-refractivity contribution in [2.45, 2.75) is 13.5 Å². The molecule has 8 nitrogen and oxygen atoms in total. The van der Waals surface area contributed by atoms with Crippen molar-refractivity contribution in [2.75, 3.05) is 11.5 Å². The monoisotopic (exact) mass is 321 g/mol. The van der Waals surface area contributed by atoms with Gasteiger partial charge in [0, 0.05) is 5.56 Å². The first-order valence-electron chi connectivity index (χ1n) is 7.42. The summed E-state index contributed by atoms with van der Waals surface area (Å²) in [6.07, 6.45) is 5.40. The number of nitrogens with two attached hydrogens (primary N) is 2. The molecule has 3 aromatic heterocycles. The standard InChI is InChI=1S/C16H15N7O/c1-2-3-6-23-15-12(14(17)19-8-20-15)13(22-23)9-4-5-11-10(7-9)21-16(18)24-11/h2-5,7-8H,6H2,1H3,(H2,18,21)(H2,17,19,20)/b3-2+. The van der Waals surface area contributed by atoms with E-state index >= 15 is 0 Å². The van der Waals surface area contributed by atoms with Crippen LogP contribution in [-0.4, -0.2) is 24.7 Å². The molecule has 8 heteroatoms. The number of benzene rings is 1. The van der Waals surface area contributed by atoms with E-state index in [1.165, 1.54) is 6.33 Å². The van der Waals surface area contributed by atoms with E-state index in [0.29, 0.717) is 34.8 Å². The number of nitrogen functional groups attached to an aromatic ring is 2. The molecule has 0 amide bonds. The van der Waals surface area contributed by atoms with Gasteiger partial charge in [-0.2, -0.15) is 10.1 Å². The van der Waals surface area contributed by atoms with Gasteiger partial charge in [0.2, 0.25) is 0 Å². The molecule has 1 aromatic carbocycles. The Morgan fingerprint density at radius 2 is 2.12 bits per heavy atom. The Morgan fingerprint density at radius 1 is 1.25 bits per heavy atom. The Bertz CT molecular complexity index is 1080. The fraction of sp³-hybridized carbons (Fsp3) is 0.125. The lowest BCUT2D eigenvalue weighted by Gasteiger charge is -1.99. The predicted molar refractivity (Wildman–Crippen MR) is 92.0 cm³/mol. The maximum Gasteiger partial charge on any atom is 0.292 e. The molecular formula is C16H15N7O. The number of oxazole rings is 1. The highest BCUT2D eigenvalue weighted by atomic mass is 16.4. The van der Waals surface area contributed by atoms with E-state index in [1.54, 1.807) is 4.68 Å². The largest absolute Gasteiger partial charge is 0.424 e. The van der Waals surface area contributed by atoms with Crippen molar-refractivity contribution in [2.24, 2.45) is 0 Å². The average Bonchev–Trinajstić information content (AvgIpc) is 3.12. The summed E-state index contributed by atoms with van der Waals surface area (Å²) in [7, 11) is 0. The first-order valence-corrected chi connectivity index (χ1v) is 7.42. The SMILES string of the molecule is C/C=C/Cn1nc(-c2ccc3oc(N)nc3c2)c2c(N)ncnc21. The second kappa shape index (κ2) is 5.34. The summed E-state index contributed by atoms with van der Waals surface area (Å²) >= 11 is 0. The number of rotatable bonds is 3. The van der Waals surface area contributed by atoms with E-state index in [4.69, 9.17) is 15.9 Å². The molecule has 0 fully saturated rings. The fourth-order valence-electron chi connectivity index (χ4n) is 2.66. The van der Waals surface area contributed by atoms with Crippen LogP contribution < -0.4 is 11.5 Å². The van der Waals surface area contributed by atoms with Gasteiger partial charge in [-0.3, -0.25) is 0 Å². The Kier molecular flexibility index (Phi) is 3.16. The lowest BCUT2D eigenvalue weighted by Crippen LogP contribution is -1.99. The van der Waals surface area contributed by atoms with E-state index in [2.05, 4.69) is 20.1 Å². The van der Waals surface area contributed by atoms with E-state index in [-0.39, 0.29) is 6.01 Å². The van der Waals surface area contributed by atoms with E-state index in [9.17, 15) is 0 Å². The third-order valence-electron chi connectivity index (χ3n) is 3.75. The van der Waals surface area contributed by atoms with Crippen LogP contribution in [0.3, 0.4) is 0 Å². The Morgan fingerprint density at radius 3 is 2.96 bits per heavy atom. The lowest BCUT2D eigenvalue weighted by molar-refractivity contribution is 0.626. The zero-order chi connectivity index (χ0) is 16.7. The second-order valence-corrected chi connectivity index (χ2v) is 5.29. The number of hydrogen-bond donors (Lipinski definition) is 2. The van der Waals surface area contributed by atoms with Gasteiger partial charge in [-0.15, -0.1) is 0 Å². The number of anilines is 2. The molecule has 0 aliphatic rings. The molecule has 4 N–H and O–H groups in total. The van der Waals surface area contributed by atoms with E-state index in [1.807, 2.05) is 37.3 Å². The van der Waals surface area contributed by atoms with Crippen LogP contribution in [0.25, 0.3) is 33.4 Å². The number of aromatic nitrogens is 5. The molecular weight excluding hydrogens is 306 g/mol. The normalized spacial score (nSPS) is 11.9. The maximum absolute atomic E-state index is 6.08. The van der Waals surface area contributed by atoms with Crippen molar-refractivity contribution >= 4 is 34.0 Å². The first-order chi connectivity index (χ1) is 11.7. The second-order valence-electron chi connectivity index (χ2n) is 5.29. The van der Waals surface area contributed by atoms with Gasteiger partial charge in [-0.25, -0.2) is 14.6 Å². The van der Waals surface area contributed by atoms with Crippen LogP contribution in [0.5, 0.6) is 0 Å². The maximum atomic E-state index is 6.08.